The molecular formula is C22H17N3O4. The maximum absolute atomic E-state index is 12.3. The van der Waals surface area contributed by atoms with Gasteiger partial charge in [0.05, 0.1) is 12.7 Å². The Kier molecular flexibility index (Phi) is 5.29. The Morgan fingerprint density at radius 3 is 2.59 bits per heavy atom. The summed E-state index contributed by atoms with van der Waals surface area (Å²) in [6.07, 6.45) is 3.33. The second-order valence-electron chi connectivity index (χ2n) is 6.13. The molecule has 144 valence electrons. The molecule has 0 amide bonds. The number of carbonyl (C=O) groups is 1. The van der Waals surface area contributed by atoms with E-state index in [4.69, 9.17) is 14.0 Å². The molecule has 0 fully saturated rings. The standard InChI is InChI=1S/C22H17N3O4/c1-27-18-9-7-15(8-10-18)20(26)14-28-19-6-2-4-16(12-19)21-24-22(29-25-21)17-5-3-11-23-13-17/h2-13H,14H2,1H3. The largest absolute Gasteiger partial charge is 0.497 e. The normalized spacial score (nSPS) is 10.5. The molecule has 4 aromatic rings. The molecule has 29 heavy (non-hydrogen) atoms. The van der Waals surface area contributed by atoms with E-state index in [1.165, 1.54) is 0 Å². The number of nitrogens with zero attached hydrogens (tertiary/aromatic N) is 3. The van der Waals surface area contributed by atoms with E-state index in [0.717, 1.165) is 11.1 Å². The van der Waals surface area contributed by atoms with E-state index in [0.29, 0.717) is 28.8 Å². The molecule has 2 heterocycles. The van der Waals surface area contributed by atoms with E-state index < -0.39 is 0 Å². The van der Waals surface area contributed by atoms with Gasteiger partial charge in [-0.25, -0.2) is 0 Å². The van der Waals surface area contributed by atoms with Gasteiger partial charge in [0.2, 0.25) is 5.82 Å². The van der Waals surface area contributed by atoms with Crippen molar-refractivity contribution in [3.05, 3.63) is 78.6 Å². The molecule has 0 spiro atoms. The van der Waals surface area contributed by atoms with Gasteiger partial charge in [0.15, 0.2) is 12.4 Å². The highest BCUT2D eigenvalue weighted by Crippen LogP contribution is 2.24. The van der Waals surface area contributed by atoms with Gasteiger partial charge in [-0.1, -0.05) is 17.3 Å². The van der Waals surface area contributed by atoms with Gasteiger partial charge in [0, 0.05) is 23.5 Å². The minimum absolute atomic E-state index is 0.0804. The summed E-state index contributed by atoms with van der Waals surface area (Å²) in [7, 11) is 1.58. The molecule has 0 saturated carbocycles. The van der Waals surface area contributed by atoms with E-state index >= 15 is 0 Å². The molecular weight excluding hydrogens is 370 g/mol. The Morgan fingerprint density at radius 1 is 1.00 bits per heavy atom. The Morgan fingerprint density at radius 2 is 1.83 bits per heavy atom. The first-order valence-corrected chi connectivity index (χ1v) is 8.87. The highest BCUT2D eigenvalue weighted by Gasteiger charge is 2.12. The van der Waals surface area contributed by atoms with Crippen LogP contribution >= 0.6 is 0 Å². The van der Waals surface area contributed by atoms with Gasteiger partial charge >= 0.3 is 0 Å². The number of carbonyl (C=O) groups excluding carboxylic acids is 1. The van der Waals surface area contributed by atoms with E-state index in [2.05, 4.69) is 15.1 Å². The summed E-state index contributed by atoms with van der Waals surface area (Å²) in [4.78, 5) is 20.8. The van der Waals surface area contributed by atoms with Crippen molar-refractivity contribution in [2.24, 2.45) is 0 Å². The summed E-state index contributed by atoms with van der Waals surface area (Å²) < 4.78 is 16.1. The molecule has 0 saturated heterocycles. The van der Waals surface area contributed by atoms with Gasteiger partial charge in [-0.05, 0) is 48.5 Å². The maximum Gasteiger partial charge on any atom is 0.259 e. The van der Waals surface area contributed by atoms with Gasteiger partial charge in [-0.2, -0.15) is 4.98 Å². The SMILES string of the molecule is COc1ccc(C(=O)COc2cccc(-c3noc(-c4cccnc4)n3)c2)cc1. The molecule has 2 aromatic carbocycles. The summed E-state index contributed by atoms with van der Waals surface area (Å²) >= 11 is 0. The third-order valence-corrected chi connectivity index (χ3v) is 4.21. The fourth-order valence-corrected chi connectivity index (χ4v) is 2.68. The number of methoxy groups -OCH3 is 1. The van der Waals surface area contributed by atoms with E-state index in [1.54, 1.807) is 62.0 Å². The van der Waals surface area contributed by atoms with Crippen molar-refractivity contribution in [3.8, 4) is 34.3 Å². The summed E-state index contributed by atoms with van der Waals surface area (Å²) in [5.41, 5.74) is 2.02. The molecule has 0 unspecified atom stereocenters. The zero-order chi connectivity index (χ0) is 20.1. The summed E-state index contributed by atoms with van der Waals surface area (Å²) in [5, 5.41) is 4.01. The van der Waals surface area contributed by atoms with Crippen LogP contribution in [0.1, 0.15) is 10.4 Å². The number of benzene rings is 2. The fraction of sp³-hybridized carbons (Fsp3) is 0.0909. The molecule has 7 heteroatoms. The number of pyridine rings is 1. The average Bonchev–Trinajstić information content (AvgIpc) is 3.29. The first kappa shape index (κ1) is 18.4. The predicted octanol–water partition coefficient (Wildman–Crippen LogP) is 4.07. The second-order valence-corrected chi connectivity index (χ2v) is 6.13. The first-order valence-electron chi connectivity index (χ1n) is 8.87. The average molecular weight is 387 g/mol. The third kappa shape index (κ3) is 4.30. The van der Waals surface area contributed by atoms with Crippen LogP contribution < -0.4 is 9.47 Å². The Balaban J connectivity index is 1.45. The van der Waals surface area contributed by atoms with Crippen molar-refractivity contribution in [3.63, 3.8) is 0 Å². The van der Waals surface area contributed by atoms with Gasteiger partial charge in [-0.15, -0.1) is 0 Å². The third-order valence-electron chi connectivity index (χ3n) is 4.21. The summed E-state index contributed by atoms with van der Waals surface area (Å²) in [6, 6.07) is 17.7. The quantitative estimate of drug-likeness (QED) is 0.442. The van der Waals surface area contributed by atoms with Crippen LogP contribution in [-0.4, -0.2) is 34.6 Å². The van der Waals surface area contributed by atoms with Crippen molar-refractivity contribution in [1.29, 1.82) is 0 Å². The molecule has 0 aliphatic carbocycles. The molecule has 2 aromatic heterocycles. The lowest BCUT2D eigenvalue weighted by molar-refractivity contribution is 0.0921. The number of hydrogen-bond acceptors (Lipinski definition) is 7. The summed E-state index contributed by atoms with van der Waals surface area (Å²) in [5.74, 6) is 1.92. The van der Waals surface area contributed by atoms with E-state index in [-0.39, 0.29) is 12.4 Å². The van der Waals surface area contributed by atoms with Crippen LogP contribution in [-0.2, 0) is 0 Å². The highest BCUT2D eigenvalue weighted by molar-refractivity contribution is 5.97. The van der Waals surface area contributed by atoms with Crippen LogP contribution in [0.25, 0.3) is 22.8 Å². The number of ketones is 1. The van der Waals surface area contributed by atoms with Crippen molar-refractivity contribution in [2.75, 3.05) is 13.7 Å². The van der Waals surface area contributed by atoms with Gasteiger partial charge < -0.3 is 14.0 Å². The molecule has 4 rings (SSSR count). The van der Waals surface area contributed by atoms with Crippen molar-refractivity contribution < 1.29 is 18.8 Å². The van der Waals surface area contributed by atoms with Crippen LogP contribution in [0.3, 0.4) is 0 Å². The molecule has 0 N–H and O–H groups in total. The Bertz CT molecular complexity index is 1110. The lowest BCUT2D eigenvalue weighted by atomic mass is 10.1. The minimum atomic E-state index is -0.128. The first-order chi connectivity index (χ1) is 14.2. The topological polar surface area (TPSA) is 87.3 Å². The van der Waals surface area contributed by atoms with Crippen molar-refractivity contribution in [1.82, 2.24) is 15.1 Å². The van der Waals surface area contributed by atoms with Crippen molar-refractivity contribution >= 4 is 5.78 Å². The number of aromatic nitrogens is 3. The van der Waals surface area contributed by atoms with E-state index in [1.807, 2.05) is 18.2 Å². The van der Waals surface area contributed by atoms with Crippen LogP contribution in [0.4, 0.5) is 0 Å². The molecule has 0 aliphatic heterocycles. The molecule has 7 nitrogen and oxygen atoms in total. The second kappa shape index (κ2) is 8.35. The maximum atomic E-state index is 12.3. The monoisotopic (exact) mass is 387 g/mol. The summed E-state index contributed by atoms with van der Waals surface area (Å²) in [6.45, 7) is -0.0804. The zero-order valence-corrected chi connectivity index (χ0v) is 15.6. The zero-order valence-electron chi connectivity index (χ0n) is 15.6. The number of rotatable bonds is 7. The van der Waals surface area contributed by atoms with Crippen molar-refractivity contribution in [2.45, 2.75) is 0 Å². The number of hydrogen-bond donors (Lipinski definition) is 0. The van der Waals surface area contributed by atoms with Gasteiger partial charge in [0.25, 0.3) is 5.89 Å². The lowest BCUT2D eigenvalue weighted by Gasteiger charge is -2.07. The minimum Gasteiger partial charge on any atom is -0.497 e. The highest BCUT2D eigenvalue weighted by atomic mass is 16.5. The van der Waals surface area contributed by atoms with Crippen LogP contribution in [0, 0.1) is 0 Å². The lowest BCUT2D eigenvalue weighted by Crippen LogP contribution is -2.11. The van der Waals surface area contributed by atoms with Crippen LogP contribution in [0.2, 0.25) is 0 Å². The van der Waals surface area contributed by atoms with Crippen LogP contribution in [0.5, 0.6) is 11.5 Å². The molecule has 0 atom stereocenters. The van der Waals surface area contributed by atoms with Crippen LogP contribution in [0.15, 0.2) is 77.6 Å². The van der Waals surface area contributed by atoms with Gasteiger partial charge in [-0.3, -0.25) is 9.78 Å². The van der Waals surface area contributed by atoms with E-state index in [9.17, 15) is 4.79 Å². The predicted molar refractivity (Wildman–Crippen MR) is 106 cm³/mol. The number of ether oxygens (including phenoxy) is 2. The smallest absolute Gasteiger partial charge is 0.259 e. The van der Waals surface area contributed by atoms with Gasteiger partial charge in [0.1, 0.15) is 11.5 Å². The molecule has 0 bridgehead atoms. The number of Topliss-reactive ketones (excluding diaryl/α,β-unsaturated/α-hetero) is 1. The Labute approximate surface area is 166 Å². The Hall–Kier alpha value is -4.00. The molecule has 0 radical (unpaired) electrons. The molecule has 0 aliphatic rings. The fourth-order valence-electron chi connectivity index (χ4n) is 2.68.